The van der Waals surface area contributed by atoms with Crippen molar-refractivity contribution in [3.05, 3.63) is 120 Å². The molecular weight excluding hydrogens is 1100 g/mol. The van der Waals surface area contributed by atoms with Crippen LogP contribution in [0.15, 0.2) is 91.1 Å². The fourth-order valence-corrected chi connectivity index (χ4v) is 10.7. The van der Waals surface area contributed by atoms with Crippen molar-refractivity contribution >= 4 is 53.3 Å². The number of imide groups is 1. The van der Waals surface area contributed by atoms with Crippen LogP contribution in [0, 0.1) is 28.9 Å². The van der Waals surface area contributed by atoms with Crippen LogP contribution >= 0.6 is 0 Å². The maximum absolute atomic E-state index is 15.5. The number of urea groups is 2. The first kappa shape index (κ1) is 64.5. The molecule has 3 aliphatic rings. The number of imidazole rings is 1. The first-order valence-corrected chi connectivity index (χ1v) is 29.2. The Bertz CT molecular complexity index is 2980. The van der Waals surface area contributed by atoms with E-state index in [1.165, 1.54) is 12.2 Å². The predicted octanol–water partition coefficient (Wildman–Crippen LogP) is 7.73. The zero-order chi connectivity index (χ0) is 61.2. The number of hydrogen-bond donors (Lipinski definition) is 4. The van der Waals surface area contributed by atoms with Crippen LogP contribution < -0.4 is 21.7 Å². The van der Waals surface area contributed by atoms with Crippen LogP contribution in [-0.2, 0) is 51.3 Å². The Labute approximate surface area is 494 Å². The average Bonchev–Trinajstić information content (AvgIpc) is 3.91. The maximum atomic E-state index is 15.5. The molecule has 4 heterocycles. The number of nitrogens with two attached hydrogens (primary N) is 1. The summed E-state index contributed by atoms with van der Waals surface area (Å²) in [6.45, 7) is 12.4. The zero-order valence-electron chi connectivity index (χ0n) is 49.2. The van der Waals surface area contributed by atoms with E-state index in [2.05, 4.69) is 16.0 Å². The molecule has 0 aliphatic carbocycles. The number of morpholine rings is 2. The number of hydrogen-bond acceptors (Lipinski definition) is 12. The van der Waals surface area contributed by atoms with Gasteiger partial charge in [-0.2, -0.15) is 0 Å². The molecule has 85 heavy (non-hydrogen) atoms. The number of rotatable bonds is 27. The molecule has 458 valence electrons. The van der Waals surface area contributed by atoms with E-state index in [1.54, 1.807) is 59.0 Å². The van der Waals surface area contributed by atoms with Gasteiger partial charge in [0.25, 0.3) is 11.8 Å². The Morgan fingerprint density at radius 1 is 0.859 bits per heavy atom. The topological polar surface area (TPSA) is 257 Å². The first-order valence-electron chi connectivity index (χ1n) is 29.2. The molecule has 2 fully saturated rings. The summed E-state index contributed by atoms with van der Waals surface area (Å²) in [6.07, 6.45) is 5.88. The van der Waals surface area contributed by atoms with Crippen LogP contribution in [0.2, 0.25) is 0 Å². The van der Waals surface area contributed by atoms with Gasteiger partial charge in [-0.25, -0.2) is 28.1 Å². The van der Waals surface area contributed by atoms with Crippen molar-refractivity contribution in [2.45, 2.75) is 117 Å². The van der Waals surface area contributed by atoms with Crippen LogP contribution in [0.1, 0.15) is 109 Å². The van der Waals surface area contributed by atoms with Gasteiger partial charge in [-0.1, -0.05) is 83.5 Å². The minimum Gasteiger partial charge on any atom is -0.445 e. The molecule has 9 amide bonds. The van der Waals surface area contributed by atoms with Crippen molar-refractivity contribution in [1.29, 1.82) is 0 Å². The monoisotopic (exact) mass is 1180 g/mol. The lowest BCUT2D eigenvalue weighted by atomic mass is 9.84. The number of benzene rings is 3. The van der Waals surface area contributed by atoms with Gasteiger partial charge in [0.1, 0.15) is 24.1 Å². The smallest absolute Gasteiger partial charge is 0.410 e. The molecule has 23 heteroatoms. The summed E-state index contributed by atoms with van der Waals surface area (Å²) >= 11 is 0. The zero-order valence-corrected chi connectivity index (χ0v) is 49.2. The molecule has 1 aromatic heterocycles. The van der Waals surface area contributed by atoms with Crippen molar-refractivity contribution in [3.63, 3.8) is 0 Å². The number of nitrogens with one attached hydrogen (secondary N) is 3. The summed E-state index contributed by atoms with van der Waals surface area (Å²) < 4.78 is 49.5. The largest absolute Gasteiger partial charge is 0.445 e. The van der Waals surface area contributed by atoms with Crippen LogP contribution in [0.3, 0.4) is 0 Å². The van der Waals surface area contributed by atoms with Gasteiger partial charge in [0.15, 0.2) is 5.78 Å². The summed E-state index contributed by atoms with van der Waals surface area (Å²) in [5, 5.41) is 8.23. The lowest BCUT2D eigenvalue weighted by molar-refractivity contribution is -0.137. The highest BCUT2D eigenvalue weighted by Crippen LogP contribution is 2.40. The van der Waals surface area contributed by atoms with Crippen LogP contribution in [-0.4, -0.2) is 154 Å². The number of primary amides is 1. The number of halogens is 2. The van der Waals surface area contributed by atoms with E-state index >= 15 is 4.39 Å². The second-order valence-corrected chi connectivity index (χ2v) is 23.1. The maximum Gasteiger partial charge on any atom is 0.410 e. The van der Waals surface area contributed by atoms with Gasteiger partial charge < -0.3 is 55.2 Å². The van der Waals surface area contributed by atoms with Crippen molar-refractivity contribution in [3.8, 4) is 11.3 Å². The number of anilines is 1. The van der Waals surface area contributed by atoms with Crippen molar-refractivity contribution in [1.82, 2.24) is 39.8 Å². The van der Waals surface area contributed by atoms with Gasteiger partial charge in [-0.3, -0.25) is 28.9 Å². The minimum atomic E-state index is -0.878. The fourth-order valence-electron chi connectivity index (χ4n) is 10.7. The molecular formula is C62H80F2N10O11. The number of ether oxygens (including phenoxy) is 3. The van der Waals surface area contributed by atoms with E-state index in [9.17, 15) is 42.7 Å². The minimum absolute atomic E-state index is 0.0165. The normalized spacial score (nSPS) is 16.5. The van der Waals surface area contributed by atoms with Crippen molar-refractivity contribution in [2.24, 2.45) is 23.0 Å². The molecule has 4 atom stereocenters. The highest BCUT2D eigenvalue weighted by Gasteiger charge is 2.42. The summed E-state index contributed by atoms with van der Waals surface area (Å²) in [5.41, 5.74) is 6.74. The van der Waals surface area contributed by atoms with E-state index in [0.717, 1.165) is 28.7 Å². The molecule has 5 N–H and O–H groups in total. The third-order valence-corrected chi connectivity index (χ3v) is 15.2. The van der Waals surface area contributed by atoms with E-state index in [-0.39, 0.29) is 118 Å². The van der Waals surface area contributed by atoms with Gasteiger partial charge in [-0.15, -0.1) is 0 Å². The van der Waals surface area contributed by atoms with Gasteiger partial charge in [0.2, 0.25) is 11.8 Å². The second-order valence-electron chi connectivity index (χ2n) is 23.1. The van der Waals surface area contributed by atoms with Gasteiger partial charge in [0, 0.05) is 94.2 Å². The van der Waals surface area contributed by atoms with Gasteiger partial charge >= 0.3 is 18.2 Å². The highest BCUT2D eigenvalue weighted by atomic mass is 19.1. The average molecular weight is 1180 g/mol. The van der Waals surface area contributed by atoms with Crippen molar-refractivity contribution in [2.75, 3.05) is 71.0 Å². The third-order valence-electron chi connectivity index (χ3n) is 15.2. The number of unbranched alkanes of at least 4 members (excludes halogenated alkanes) is 2. The third kappa shape index (κ3) is 18.5. The van der Waals surface area contributed by atoms with E-state index in [1.807, 2.05) is 55.7 Å². The molecule has 0 spiro atoms. The molecule has 3 aliphatic heterocycles. The second kappa shape index (κ2) is 30.7. The van der Waals surface area contributed by atoms with E-state index in [0.29, 0.717) is 75.6 Å². The summed E-state index contributed by atoms with van der Waals surface area (Å²) in [5.74, 6) is -3.79. The van der Waals surface area contributed by atoms with Gasteiger partial charge in [0.05, 0.1) is 50.2 Å². The summed E-state index contributed by atoms with van der Waals surface area (Å²) in [7, 11) is 0. The standard InChI is InChI=1S/C62H80F2N10O11/c1-41(2)55(69-52(76)16-10-7-11-27-73-53(77)23-24-54(73)78)51(75)35-44(15-12-26-66-59(65)80)58(79)67-46-20-17-43(18-21-46)39-85-61(82)72-31-34-84-40-47(72)25-28-74(60(81)70-29-32-83-33-30-70)56(62(3,4)5)57-68-50(48-36-45(63)19-22-49(48)64)38-71(57)37-42-13-8-6-9-14-42/h6,8-9,13-14,17-24,36,38,41,44,47,55-56H,7,10-12,15-16,25-35,37,39-40H2,1-5H3,(H,67,79)(H,69,76)(H3,65,66,80)/t44-,47+,55+,56+/m1/s1. The molecule has 3 aromatic carbocycles. The first-order chi connectivity index (χ1) is 40.7. The Kier molecular flexibility index (Phi) is 23.3. The lowest BCUT2D eigenvalue weighted by Gasteiger charge is -2.44. The van der Waals surface area contributed by atoms with Crippen molar-refractivity contribution < 1.29 is 61.3 Å². The number of ketones is 1. The number of Topliss-reactive ketones (excluding diaryl/α,β-unsaturated/α-hetero) is 1. The Morgan fingerprint density at radius 3 is 2.25 bits per heavy atom. The van der Waals surface area contributed by atoms with Gasteiger partial charge in [-0.05, 0) is 84.9 Å². The Morgan fingerprint density at radius 2 is 1.56 bits per heavy atom. The Balaban J connectivity index is 0.995. The van der Waals surface area contributed by atoms with E-state index in [4.69, 9.17) is 24.9 Å². The van der Waals surface area contributed by atoms with Crippen LogP contribution in [0.5, 0.6) is 0 Å². The van der Waals surface area contributed by atoms with E-state index < -0.39 is 59.1 Å². The van der Waals surface area contributed by atoms with Crippen LogP contribution in [0.4, 0.5) is 28.9 Å². The number of nitrogens with zero attached hydrogens (tertiary/aromatic N) is 6. The number of carbonyl (C=O) groups excluding carboxylic acids is 8. The predicted molar refractivity (Wildman–Crippen MR) is 312 cm³/mol. The molecule has 7 rings (SSSR count). The lowest BCUT2D eigenvalue weighted by Crippen LogP contribution is -2.54. The quantitative estimate of drug-likeness (QED) is 0.0330. The number of carbonyl (C=O) groups is 8. The molecule has 2 saturated heterocycles. The SMILES string of the molecule is CC(C)[C@H](NC(=O)CCCCCN1C(=O)C=CC1=O)C(=O)C[C@@H](CCCNC(N)=O)C(=O)Nc1ccc(COC(=O)N2CCOC[C@@H]2CCN(C(=O)N2CCOCC2)[C@@H](c2nc(-c3cc(F)ccc3F)cn2Cc2ccccc2)C(C)(C)C)cc1. The summed E-state index contributed by atoms with van der Waals surface area (Å²) in [6, 6.07) is 16.5. The molecule has 0 saturated carbocycles. The fraction of sp³-hybridized carbons (Fsp3) is 0.500. The summed E-state index contributed by atoms with van der Waals surface area (Å²) in [4.78, 5) is 116. The molecule has 21 nitrogen and oxygen atoms in total. The molecule has 0 radical (unpaired) electrons. The number of aromatic nitrogens is 2. The molecule has 4 aromatic rings. The molecule has 0 bridgehead atoms. The highest BCUT2D eigenvalue weighted by molar-refractivity contribution is 6.12. The molecule has 0 unspecified atom stereocenters. The Hall–Kier alpha value is -8.05. The van der Waals surface area contributed by atoms with Crippen LogP contribution in [0.25, 0.3) is 11.3 Å². The number of amides is 9.